The lowest BCUT2D eigenvalue weighted by atomic mass is 10.2. The lowest BCUT2D eigenvalue weighted by molar-refractivity contribution is -0.137. The Hall–Kier alpha value is -1.27. The van der Waals surface area contributed by atoms with Crippen LogP contribution in [0.2, 0.25) is 0 Å². The molecule has 3 nitrogen and oxygen atoms in total. The van der Waals surface area contributed by atoms with Crippen LogP contribution in [0.1, 0.15) is 5.56 Å². The van der Waals surface area contributed by atoms with Crippen LogP contribution >= 0.6 is 0 Å². The Balaban J connectivity index is 2.44. The van der Waals surface area contributed by atoms with E-state index in [2.05, 4.69) is 5.32 Å². The Morgan fingerprint density at radius 2 is 2.00 bits per heavy atom. The molecule has 0 fully saturated rings. The fraction of sp³-hybridized carbons (Fsp3) is 0.455. The fourth-order valence-electron chi connectivity index (χ4n) is 1.24. The minimum Gasteiger partial charge on any atom is -0.394 e. The Morgan fingerprint density at radius 1 is 1.24 bits per heavy atom. The number of hydrogen-bond acceptors (Lipinski definition) is 3. The quantitative estimate of drug-likeness (QED) is 0.759. The highest BCUT2D eigenvalue weighted by Gasteiger charge is 2.30. The first-order chi connectivity index (χ1) is 8.04. The molecule has 6 heteroatoms. The van der Waals surface area contributed by atoms with Crippen LogP contribution in [0.3, 0.4) is 0 Å². The smallest absolute Gasteiger partial charge is 0.394 e. The average Bonchev–Trinajstić information content (AvgIpc) is 2.28. The van der Waals surface area contributed by atoms with E-state index in [1.54, 1.807) is 6.07 Å². The van der Waals surface area contributed by atoms with Crippen LogP contribution in [-0.4, -0.2) is 31.5 Å². The molecule has 1 aromatic carbocycles. The lowest BCUT2D eigenvalue weighted by Crippen LogP contribution is -2.12. The van der Waals surface area contributed by atoms with E-state index in [9.17, 15) is 13.2 Å². The van der Waals surface area contributed by atoms with Crippen molar-refractivity contribution in [3.63, 3.8) is 0 Å². The molecule has 0 unspecified atom stereocenters. The molecule has 0 aliphatic carbocycles. The van der Waals surface area contributed by atoms with Crippen LogP contribution < -0.4 is 5.32 Å². The van der Waals surface area contributed by atoms with Gasteiger partial charge >= 0.3 is 6.18 Å². The number of ether oxygens (including phenoxy) is 1. The van der Waals surface area contributed by atoms with Gasteiger partial charge in [-0.3, -0.25) is 0 Å². The molecule has 2 N–H and O–H groups in total. The predicted molar refractivity (Wildman–Crippen MR) is 57.8 cm³/mol. The Labute approximate surface area is 97.2 Å². The highest BCUT2D eigenvalue weighted by atomic mass is 19.4. The summed E-state index contributed by atoms with van der Waals surface area (Å²) < 4.78 is 42.1. The minimum absolute atomic E-state index is 0.0659. The molecule has 1 aromatic rings. The van der Waals surface area contributed by atoms with Crippen molar-refractivity contribution in [1.29, 1.82) is 0 Å². The van der Waals surface area contributed by atoms with Gasteiger partial charge < -0.3 is 15.2 Å². The molecule has 0 bridgehead atoms. The van der Waals surface area contributed by atoms with Gasteiger partial charge in [-0.25, -0.2) is 0 Å². The zero-order valence-corrected chi connectivity index (χ0v) is 9.13. The third-order valence-corrected chi connectivity index (χ3v) is 2.00. The Bertz CT molecular complexity index is 342. The number of halogens is 3. The number of alkyl halides is 3. The number of hydrogen-bond donors (Lipinski definition) is 2. The maximum atomic E-state index is 12.4. The Kier molecular flexibility index (Phi) is 5.24. The second kappa shape index (κ2) is 6.46. The van der Waals surface area contributed by atoms with Crippen LogP contribution in [0.15, 0.2) is 24.3 Å². The first-order valence-corrected chi connectivity index (χ1v) is 5.14. The largest absolute Gasteiger partial charge is 0.416 e. The van der Waals surface area contributed by atoms with E-state index >= 15 is 0 Å². The Morgan fingerprint density at radius 3 is 2.65 bits per heavy atom. The molecule has 17 heavy (non-hydrogen) atoms. The summed E-state index contributed by atoms with van der Waals surface area (Å²) in [4.78, 5) is 0. The normalized spacial score (nSPS) is 11.5. The van der Waals surface area contributed by atoms with Crippen molar-refractivity contribution in [3.05, 3.63) is 29.8 Å². The van der Waals surface area contributed by atoms with Crippen molar-refractivity contribution in [1.82, 2.24) is 0 Å². The van der Waals surface area contributed by atoms with E-state index < -0.39 is 11.7 Å². The van der Waals surface area contributed by atoms with Crippen molar-refractivity contribution in [2.24, 2.45) is 0 Å². The van der Waals surface area contributed by atoms with Gasteiger partial charge in [0.25, 0.3) is 0 Å². The highest BCUT2D eigenvalue weighted by molar-refractivity contribution is 5.46. The summed E-state index contributed by atoms with van der Waals surface area (Å²) in [5, 5.41) is 11.2. The molecular weight excluding hydrogens is 235 g/mol. The van der Waals surface area contributed by atoms with E-state index in [1.165, 1.54) is 6.07 Å². The molecule has 1 rings (SSSR count). The highest BCUT2D eigenvalue weighted by Crippen LogP contribution is 2.30. The SMILES string of the molecule is OCCOCCNc1cccc(C(F)(F)F)c1. The summed E-state index contributed by atoms with van der Waals surface area (Å²) in [6.07, 6.45) is -4.33. The summed E-state index contributed by atoms with van der Waals surface area (Å²) >= 11 is 0. The zero-order valence-electron chi connectivity index (χ0n) is 9.13. The molecule has 0 aromatic heterocycles. The van der Waals surface area contributed by atoms with Gasteiger partial charge in [0, 0.05) is 12.2 Å². The molecule has 0 spiro atoms. The van der Waals surface area contributed by atoms with E-state index in [-0.39, 0.29) is 13.2 Å². The molecule has 0 saturated carbocycles. The molecule has 0 aliphatic rings. The minimum atomic E-state index is -4.33. The predicted octanol–water partition coefficient (Wildman–Crippen LogP) is 2.13. The van der Waals surface area contributed by atoms with Crippen molar-refractivity contribution >= 4 is 5.69 Å². The maximum absolute atomic E-state index is 12.4. The maximum Gasteiger partial charge on any atom is 0.416 e. The number of anilines is 1. The number of aliphatic hydroxyl groups excluding tert-OH is 1. The molecule has 0 radical (unpaired) electrons. The van der Waals surface area contributed by atoms with E-state index in [0.717, 1.165) is 12.1 Å². The summed E-state index contributed by atoms with van der Waals surface area (Å²) in [6, 6.07) is 4.97. The standard InChI is InChI=1S/C11H14F3NO2/c12-11(13,14)9-2-1-3-10(8-9)15-4-6-17-7-5-16/h1-3,8,15-16H,4-7H2. The van der Waals surface area contributed by atoms with Crippen LogP contribution in [0, 0.1) is 0 Å². The second-order valence-corrected chi connectivity index (χ2v) is 3.34. The average molecular weight is 249 g/mol. The van der Waals surface area contributed by atoms with Crippen molar-refractivity contribution in [2.75, 3.05) is 31.7 Å². The summed E-state index contributed by atoms with van der Waals surface area (Å²) in [5.74, 6) is 0. The van der Waals surface area contributed by atoms with E-state index in [1.807, 2.05) is 0 Å². The lowest BCUT2D eigenvalue weighted by Gasteiger charge is -2.10. The number of nitrogens with one attached hydrogen (secondary N) is 1. The number of benzene rings is 1. The molecular formula is C11H14F3NO2. The van der Waals surface area contributed by atoms with E-state index in [0.29, 0.717) is 18.8 Å². The number of aliphatic hydroxyl groups is 1. The fourth-order valence-corrected chi connectivity index (χ4v) is 1.24. The summed E-state index contributed by atoms with van der Waals surface area (Å²) in [6.45, 7) is 0.881. The first-order valence-electron chi connectivity index (χ1n) is 5.14. The molecule has 0 atom stereocenters. The monoisotopic (exact) mass is 249 g/mol. The molecule has 0 amide bonds. The van der Waals surface area contributed by atoms with Gasteiger partial charge in [-0.1, -0.05) is 6.07 Å². The van der Waals surface area contributed by atoms with Gasteiger partial charge in [0.2, 0.25) is 0 Å². The first kappa shape index (κ1) is 13.8. The number of rotatable bonds is 6. The van der Waals surface area contributed by atoms with Gasteiger partial charge in [-0.15, -0.1) is 0 Å². The van der Waals surface area contributed by atoms with Crippen molar-refractivity contribution in [2.45, 2.75) is 6.18 Å². The second-order valence-electron chi connectivity index (χ2n) is 3.34. The topological polar surface area (TPSA) is 41.5 Å². The van der Waals surface area contributed by atoms with Gasteiger partial charge in [-0.2, -0.15) is 13.2 Å². The van der Waals surface area contributed by atoms with Crippen LogP contribution in [0.5, 0.6) is 0 Å². The molecule has 0 aliphatic heterocycles. The van der Waals surface area contributed by atoms with Crippen LogP contribution in [0.4, 0.5) is 18.9 Å². The van der Waals surface area contributed by atoms with Gasteiger partial charge in [-0.05, 0) is 18.2 Å². The molecule has 0 heterocycles. The van der Waals surface area contributed by atoms with Gasteiger partial charge in [0.05, 0.1) is 25.4 Å². The summed E-state index contributed by atoms with van der Waals surface area (Å²) in [5.41, 5.74) is -0.286. The summed E-state index contributed by atoms with van der Waals surface area (Å²) in [7, 11) is 0. The third kappa shape index (κ3) is 5.06. The van der Waals surface area contributed by atoms with Gasteiger partial charge in [0.1, 0.15) is 0 Å². The zero-order chi connectivity index (χ0) is 12.7. The molecule has 0 saturated heterocycles. The van der Waals surface area contributed by atoms with E-state index in [4.69, 9.17) is 9.84 Å². The van der Waals surface area contributed by atoms with Crippen molar-refractivity contribution in [3.8, 4) is 0 Å². The van der Waals surface area contributed by atoms with Crippen molar-refractivity contribution < 1.29 is 23.0 Å². The third-order valence-electron chi connectivity index (χ3n) is 2.00. The molecule has 96 valence electrons. The van der Waals surface area contributed by atoms with Crippen LogP contribution in [-0.2, 0) is 10.9 Å². The van der Waals surface area contributed by atoms with Gasteiger partial charge in [0.15, 0.2) is 0 Å². The van der Waals surface area contributed by atoms with Crippen LogP contribution in [0.25, 0.3) is 0 Å².